The number of pyridine rings is 1. The average Bonchev–Trinajstić information content (AvgIpc) is 2.65. The molecule has 0 atom stereocenters. The van der Waals surface area contributed by atoms with E-state index in [1.165, 1.54) is 42.6 Å². The van der Waals surface area contributed by atoms with Crippen molar-refractivity contribution in [2.45, 2.75) is 0 Å². The standard InChI is InChI=1S/C19H15F2N3O4S/c1-29(26,27)24-14-5-2-12(3-6-14)19(25)23-18-9-7-15(11-22-18)28-17-8-4-13(20)10-16(17)21/h2-11,24H,1H3,(H,22,23,25). The molecule has 3 rings (SSSR count). The molecule has 2 N–H and O–H groups in total. The fraction of sp³-hybridized carbons (Fsp3) is 0.0526. The number of benzene rings is 2. The van der Waals surface area contributed by atoms with Crippen molar-refractivity contribution in [3.8, 4) is 11.5 Å². The van der Waals surface area contributed by atoms with Gasteiger partial charge in [0.05, 0.1) is 12.5 Å². The summed E-state index contributed by atoms with van der Waals surface area (Å²) >= 11 is 0. The molecule has 1 amide bonds. The lowest BCUT2D eigenvalue weighted by atomic mass is 10.2. The first-order valence-corrected chi connectivity index (χ1v) is 10.1. The number of sulfonamides is 1. The zero-order valence-electron chi connectivity index (χ0n) is 15.0. The molecule has 7 nitrogen and oxygen atoms in total. The Balaban J connectivity index is 1.64. The smallest absolute Gasteiger partial charge is 0.256 e. The van der Waals surface area contributed by atoms with E-state index in [1.54, 1.807) is 0 Å². The van der Waals surface area contributed by atoms with E-state index in [2.05, 4.69) is 15.0 Å². The highest BCUT2D eigenvalue weighted by Gasteiger charge is 2.10. The van der Waals surface area contributed by atoms with Gasteiger partial charge in [0.1, 0.15) is 17.4 Å². The van der Waals surface area contributed by atoms with Crippen LogP contribution >= 0.6 is 0 Å². The molecule has 0 fully saturated rings. The Bertz CT molecular complexity index is 1140. The van der Waals surface area contributed by atoms with Crippen molar-refractivity contribution in [3.63, 3.8) is 0 Å². The lowest BCUT2D eigenvalue weighted by Gasteiger charge is -2.09. The van der Waals surface area contributed by atoms with Crippen molar-refractivity contribution in [2.24, 2.45) is 0 Å². The number of carbonyl (C=O) groups is 1. The molecule has 0 unspecified atom stereocenters. The second kappa shape index (κ2) is 8.23. The molecule has 10 heteroatoms. The summed E-state index contributed by atoms with van der Waals surface area (Å²) < 4.78 is 56.5. The highest BCUT2D eigenvalue weighted by Crippen LogP contribution is 2.25. The Morgan fingerprint density at radius 1 is 1.03 bits per heavy atom. The molecule has 29 heavy (non-hydrogen) atoms. The average molecular weight is 419 g/mol. The lowest BCUT2D eigenvalue weighted by molar-refractivity contribution is 0.102. The Morgan fingerprint density at radius 2 is 1.76 bits per heavy atom. The summed E-state index contributed by atoms with van der Waals surface area (Å²) in [6, 6.07) is 11.7. The number of hydrogen-bond acceptors (Lipinski definition) is 5. The molecule has 0 bridgehead atoms. The van der Waals surface area contributed by atoms with Crippen molar-refractivity contribution in [3.05, 3.63) is 78.0 Å². The van der Waals surface area contributed by atoms with Gasteiger partial charge in [-0.2, -0.15) is 0 Å². The van der Waals surface area contributed by atoms with E-state index < -0.39 is 27.6 Å². The summed E-state index contributed by atoms with van der Waals surface area (Å²) in [4.78, 5) is 16.3. The quantitative estimate of drug-likeness (QED) is 0.634. The molecular formula is C19H15F2N3O4S. The predicted molar refractivity (Wildman–Crippen MR) is 104 cm³/mol. The number of rotatable bonds is 6. The Hall–Kier alpha value is -3.53. The number of nitrogens with zero attached hydrogens (tertiary/aromatic N) is 1. The summed E-state index contributed by atoms with van der Waals surface area (Å²) in [7, 11) is -3.40. The number of carbonyl (C=O) groups excluding carboxylic acids is 1. The first-order valence-electron chi connectivity index (χ1n) is 8.18. The molecule has 3 aromatic rings. The molecule has 0 aliphatic carbocycles. The third kappa shape index (κ3) is 5.72. The van der Waals surface area contributed by atoms with Gasteiger partial charge in [-0.25, -0.2) is 22.2 Å². The van der Waals surface area contributed by atoms with Crippen LogP contribution in [0, 0.1) is 11.6 Å². The number of amides is 1. The molecule has 0 saturated carbocycles. The molecule has 0 aliphatic heterocycles. The minimum atomic E-state index is -3.40. The van der Waals surface area contributed by atoms with Gasteiger partial charge in [-0.1, -0.05) is 0 Å². The van der Waals surface area contributed by atoms with Gasteiger partial charge >= 0.3 is 0 Å². The number of anilines is 2. The molecule has 0 saturated heterocycles. The van der Waals surface area contributed by atoms with Crippen molar-refractivity contribution in [1.29, 1.82) is 0 Å². The molecule has 0 spiro atoms. The number of halogens is 2. The summed E-state index contributed by atoms with van der Waals surface area (Å²) in [6.07, 6.45) is 2.30. The van der Waals surface area contributed by atoms with E-state index in [9.17, 15) is 22.0 Å². The maximum Gasteiger partial charge on any atom is 0.256 e. The summed E-state index contributed by atoms with van der Waals surface area (Å²) in [5.74, 6) is -1.76. The summed E-state index contributed by atoms with van der Waals surface area (Å²) in [5, 5.41) is 2.57. The maximum atomic E-state index is 13.6. The van der Waals surface area contributed by atoms with Crippen LogP contribution in [0.4, 0.5) is 20.3 Å². The van der Waals surface area contributed by atoms with Crippen LogP contribution in [0.15, 0.2) is 60.8 Å². The van der Waals surface area contributed by atoms with Crippen LogP contribution in [0.3, 0.4) is 0 Å². The second-order valence-corrected chi connectivity index (χ2v) is 7.71. The topological polar surface area (TPSA) is 97.4 Å². The van der Waals surface area contributed by atoms with Crippen LogP contribution in [0.25, 0.3) is 0 Å². The molecular weight excluding hydrogens is 404 g/mol. The first kappa shape index (κ1) is 20.2. The molecule has 2 aromatic carbocycles. The highest BCUT2D eigenvalue weighted by atomic mass is 32.2. The van der Waals surface area contributed by atoms with Crippen molar-refractivity contribution in [1.82, 2.24) is 4.98 Å². The van der Waals surface area contributed by atoms with Gasteiger partial charge in [0.15, 0.2) is 11.6 Å². The van der Waals surface area contributed by atoms with Crippen molar-refractivity contribution < 1.29 is 26.7 Å². The van der Waals surface area contributed by atoms with E-state index in [-0.39, 0.29) is 17.3 Å². The van der Waals surface area contributed by atoms with Crippen LogP contribution < -0.4 is 14.8 Å². The number of nitrogens with one attached hydrogen (secondary N) is 2. The summed E-state index contributed by atoms with van der Waals surface area (Å²) in [6.45, 7) is 0. The van der Waals surface area contributed by atoms with Gasteiger partial charge in [0, 0.05) is 17.3 Å². The third-order valence-electron chi connectivity index (χ3n) is 3.55. The van der Waals surface area contributed by atoms with E-state index >= 15 is 0 Å². The SMILES string of the molecule is CS(=O)(=O)Nc1ccc(C(=O)Nc2ccc(Oc3ccc(F)cc3F)cn2)cc1. The predicted octanol–water partition coefficient (Wildman–Crippen LogP) is 3.78. The molecule has 150 valence electrons. The van der Waals surface area contributed by atoms with Crippen LogP contribution in [-0.2, 0) is 10.0 Å². The zero-order valence-corrected chi connectivity index (χ0v) is 15.8. The summed E-state index contributed by atoms with van der Waals surface area (Å²) in [5.41, 5.74) is 0.622. The number of ether oxygens (including phenoxy) is 1. The van der Waals surface area contributed by atoms with Crippen LogP contribution in [0.1, 0.15) is 10.4 Å². The number of aromatic nitrogens is 1. The first-order chi connectivity index (χ1) is 13.7. The second-order valence-electron chi connectivity index (χ2n) is 5.96. The molecule has 1 heterocycles. The van der Waals surface area contributed by atoms with Gasteiger partial charge in [-0.05, 0) is 48.5 Å². The molecule has 0 aliphatic rings. The van der Waals surface area contributed by atoms with Crippen LogP contribution in [-0.4, -0.2) is 25.6 Å². The fourth-order valence-corrected chi connectivity index (χ4v) is 2.86. The van der Waals surface area contributed by atoms with E-state index in [4.69, 9.17) is 4.74 Å². The van der Waals surface area contributed by atoms with E-state index in [1.807, 2.05) is 0 Å². The zero-order chi connectivity index (χ0) is 21.0. The highest BCUT2D eigenvalue weighted by molar-refractivity contribution is 7.92. The van der Waals surface area contributed by atoms with E-state index in [0.29, 0.717) is 17.3 Å². The normalized spacial score (nSPS) is 11.0. The Kier molecular flexibility index (Phi) is 5.74. The van der Waals surface area contributed by atoms with E-state index in [0.717, 1.165) is 18.4 Å². The van der Waals surface area contributed by atoms with Crippen molar-refractivity contribution >= 4 is 27.4 Å². The Morgan fingerprint density at radius 3 is 2.34 bits per heavy atom. The van der Waals surface area contributed by atoms with Gasteiger partial charge in [0.25, 0.3) is 5.91 Å². The monoisotopic (exact) mass is 419 g/mol. The van der Waals surface area contributed by atoms with Crippen LogP contribution in [0.2, 0.25) is 0 Å². The van der Waals surface area contributed by atoms with Gasteiger partial charge in [0.2, 0.25) is 10.0 Å². The minimum Gasteiger partial charge on any atom is -0.453 e. The molecule has 0 radical (unpaired) electrons. The van der Waals surface area contributed by atoms with Gasteiger partial charge in [-0.15, -0.1) is 0 Å². The minimum absolute atomic E-state index is 0.159. The van der Waals surface area contributed by atoms with Gasteiger partial charge in [-0.3, -0.25) is 9.52 Å². The maximum absolute atomic E-state index is 13.6. The van der Waals surface area contributed by atoms with Crippen molar-refractivity contribution in [2.75, 3.05) is 16.3 Å². The van der Waals surface area contributed by atoms with Crippen LogP contribution in [0.5, 0.6) is 11.5 Å². The lowest BCUT2D eigenvalue weighted by Crippen LogP contribution is -2.13. The van der Waals surface area contributed by atoms with Gasteiger partial charge < -0.3 is 10.1 Å². The Labute approximate surface area is 165 Å². The molecule has 1 aromatic heterocycles. The fourth-order valence-electron chi connectivity index (χ4n) is 2.29. The third-order valence-corrected chi connectivity index (χ3v) is 4.16. The number of hydrogen-bond donors (Lipinski definition) is 2. The largest absolute Gasteiger partial charge is 0.453 e.